The molecule has 0 fully saturated rings. The van der Waals surface area contributed by atoms with E-state index >= 15 is 0 Å². The molecule has 0 aromatic heterocycles. The van der Waals surface area contributed by atoms with E-state index in [1.807, 2.05) is 32.0 Å². The van der Waals surface area contributed by atoms with Gasteiger partial charge in [0.15, 0.2) is 0 Å². The summed E-state index contributed by atoms with van der Waals surface area (Å²) < 4.78 is 5.91. The normalized spacial score (nSPS) is 18.5. The monoisotopic (exact) mass is 318 g/mol. The second-order valence-electron chi connectivity index (χ2n) is 7.05. The molecule has 23 heavy (non-hydrogen) atoms. The van der Waals surface area contributed by atoms with Gasteiger partial charge in [-0.1, -0.05) is 26.8 Å². The third-order valence-electron chi connectivity index (χ3n) is 4.38. The van der Waals surface area contributed by atoms with Crippen LogP contribution in [0.4, 0.5) is 0 Å². The maximum Gasteiger partial charge on any atom is 0.251 e. The highest BCUT2D eigenvalue weighted by atomic mass is 16.5. The second kappa shape index (κ2) is 7.82. The minimum atomic E-state index is -0.0167. The van der Waals surface area contributed by atoms with Crippen LogP contribution < -0.4 is 15.4 Å². The minimum absolute atomic E-state index is 0.0167. The lowest BCUT2D eigenvalue weighted by atomic mass is 9.94. The van der Waals surface area contributed by atoms with E-state index in [2.05, 4.69) is 31.4 Å². The number of hydrogen-bond donors (Lipinski definition) is 2. The lowest BCUT2D eigenvalue weighted by Crippen LogP contribution is -2.47. The van der Waals surface area contributed by atoms with Gasteiger partial charge in [-0.05, 0) is 44.7 Å². The first-order valence-electron chi connectivity index (χ1n) is 8.74. The lowest BCUT2D eigenvalue weighted by molar-refractivity contribution is 0.0940. The van der Waals surface area contributed by atoms with Crippen molar-refractivity contribution in [3.8, 4) is 5.75 Å². The molecule has 0 aliphatic carbocycles. The third kappa shape index (κ3) is 4.47. The van der Waals surface area contributed by atoms with Crippen molar-refractivity contribution in [2.24, 2.45) is 5.92 Å². The van der Waals surface area contributed by atoms with E-state index in [0.29, 0.717) is 18.6 Å². The molecular weight excluding hydrogens is 288 g/mol. The smallest absolute Gasteiger partial charge is 0.251 e. The Kier molecular flexibility index (Phi) is 6.05. The number of nitrogens with one attached hydrogen (secondary N) is 2. The standard InChI is InChI=1S/C19H30N2O2/c1-6-17(12(2)3)21-14-10-16-15(19(22)20-13(4)5)8-7-9-18(16)23-11-14/h7-9,12-14,17,21H,6,10-11H2,1-5H3,(H,20,22). The molecule has 0 saturated heterocycles. The van der Waals surface area contributed by atoms with E-state index in [1.54, 1.807) is 0 Å². The zero-order valence-electron chi connectivity index (χ0n) is 15.0. The molecule has 1 aromatic rings. The SMILES string of the molecule is CCC(NC1COc2cccc(C(=O)NC(C)C)c2C1)C(C)C. The summed E-state index contributed by atoms with van der Waals surface area (Å²) in [4.78, 5) is 12.4. The first-order valence-corrected chi connectivity index (χ1v) is 8.74. The van der Waals surface area contributed by atoms with Crippen LogP contribution in [0.5, 0.6) is 5.75 Å². The number of carbonyl (C=O) groups excluding carboxylic acids is 1. The molecule has 2 unspecified atom stereocenters. The second-order valence-corrected chi connectivity index (χ2v) is 7.05. The molecule has 0 spiro atoms. The fraction of sp³-hybridized carbons (Fsp3) is 0.632. The molecule has 1 aromatic carbocycles. The Labute approximate surface area is 140 Å². The van der Waals surface area contributed by atoms with Gasteiger partial charge in [-0.15, -0.1) is 0 Å². The van der Waals surface area contributed by atoms with E-state index in [0.717, 1.165) is 29.7 Å². The van der Waals surface area contributed by atoms with Gasteiger partial charge < -0.3 is 15.4 Å². The molecule has 128 valence electrons. The van der Waals surface area contributed by atoms with Crippen molar-refractivity contribution in [1.29, 1.82) is 0 Å². The van der Waals surface area contributed by atoms with Gasteiger partial charge in [0.2, 0.25) is 0 Å². The van der Waals surface area contributed by atoms with Crippen molar-refractivity contribution in [1.82, 2.24) is 10.6 Å². The summed E-state index contributed by atoms with van der Waals surface area (Å²) in [7, 11) is 0. The number of amides is 1. The van der Waals surface area contributed by atoms with Crippen molar-refractivity contribution in [3.05, 3.63) is 29.3 Å². The fourth-order valence-electron chi connectivity index (χ4n) is 3.15. The fourth-order valence-corrected chi connectivity index (χ4v) is 3.15. The van der Waals surface area contributed by atoms with Crippen LogP contribution in [0.15, 0.2) is 18.2 Å². The predicted molar refractivity (Wildman–Crippen MR) is 94.1 cm³/mol. The van der Waals surface area contributed by atoms with Crippen molar-refractivity contribution >= 4 is 5.91 Å². The van der Waals surface area contributed by atoms with Crippen LogP contribution in [0.1, 0.15) is 57.0 Å². The number of hydrogen-bond acceptors (Lipinski definition) is 3. The Morgan fingerprint density at radius 2 is 2.04 bits per heavy atom. The summed E-state index contributed by atoms with van der Waals surface area (Å²) in [6.45, 7) is 11.3. The molecule has 0 bridgehead atoms. The molecule has 2 rings (SSSR count). The zero-order valence-corrected chi connectivity index (χ0v) is 15.0. The summed E-state index contributed by atoms with van der Waals surface area (Å²) in [5, 5.41) is 6.68. The Morgan fingerprint density at radius 1 is 1.30 bits per heavy atom. The van der Waals surface area contributed by atoms with Crippen molar-refractivity contribution in [3.63, 3.8) is 0 Å². The summed E-state index contributed by atoms with van der Waals surface area (Å²) in [5.41, 5.74) is 1.76. The van der Waals surface area contributed by atoms with Crippen LogP contribution in [0, 0.1) is 5.92 Å². The van der Waals surface area contributed by atoms with Gasteiger partial charge in [0.05, 0.1) is 0 Å². The predicted octanol–water partition coefficient (Wildman–Crippen LogP) is 3.15. The van der Waals surface area contributed by atoms with Crippen molar-refractivity contribution in [2.75, 3.05) is 6.61 Å². The average molecular weight is 318 g/mol. The molecule has 0 saturated carbocycles. The van der Waals surface area contributed by atoms with E-state index in [4.69, 9.17) is 4.74 Å². The average Bonchev–Trinajstić information content (AvgIpc) is 2.50. The Morgan fingerprint density at radius 3 is 2.65 bits per heavy atom. The molecular formula is C19H30N2O2. The topological polar surface area (TPSA) is 50.4 Å². The van der Waals surface area contributed by atoms with Crippen LogP contribution in [0.3, 0.4) is 0 Å². The van der Waals surface area contributed by atoms with Gasteiger partial charge in [0.1, 0.15) is 12.4 Å². The number of carbonyl (C=O) groups is 1. The van der Waals surface area contributed by atoms with Crippen LogP contribution >= 0.6 is 0 Å². The van der Waals surface area contributed by atoms with Gasteiger partial charge in [-0.3, -0.25) is 4.79 Å². The Balaban J connectivity index is 2.17. The Hall–Kier alpha value is -1.55. The molecule has 1 heterocycles. The van der Waals surface area contributed by atoms with Gasteiger partial charge >= 0.3 is 0 Å². The molecule has 0 radical (unpaired) electrons. The maximum atomic E-state index is 12.4. The van der Waals surface area contributed by atoms with Crippen LogP contribution in [-0.2, 0) is 6.42 Å². The molecule has 4 nitrogen and oxygen atoms in total. The molecule has 1 aliphatic heterocycles. The molecule has 2 atom stereocenters. The number of rotatable bonds is 6. The summed E-state index contributed by atoms with van der Waals surface area (Å²) in [6, 6.07) is 6.59. The van der Waals surface area contributed by atoms with Gasteiger partial charge in [0.25, 0.3) is 5.91 Å². The molecule has 1 aliphatic rings. The maximum absolute atomic E-state index is 12.4. The highest BCUT2D eigenvalue weighted by molar-refractivity contribution is 5.96. The van der Waals surface area contributed by atoms with Crippen LogP contribution in [0.2, 0.25) is 0 Å². The van der Waals surface area contributed by atoms with Crippen molar-refractivity contribution in [2.45, 2.75) is 65.6 Å². The first kappa shape index (κ1) is 17.8. The number of ether oxygens (including phenoxy) is 1. The Bertz CT molecular complexity index is 540. The van der Waals surface area contributed by atoms with Crippen LogP contribution in [-0.4, -0.2) is 30.6 Å². The van der Waals surface area contributed by atoms with E-state index < -0.39 is 0 Å². The summed E-state index contributed by atoms with van der Waals surface area (Å²) in [6.07, 6.45) is 1.93. The highest BCUT2D eigenvalue weighted by Gasteiger charge is 2.26. The lowest BCUT2D eigenvalue weighted by Gasteiger charge is -2.32. The molecule has 2 N–H and O–H groups in total. The van der Waals surface area contributed by atoms with Gasteiger partial charge in [-0.2, -0.15) is 0 Å². The molecule has 4 heteroatoms. The van der Waals surface area contributed by atoms with E-state index in [9.17, 15) is 4.79 Å². The third-order valence-corrected chi connectivity index (χ3v) is 4.38. The summed E-state index contributed by atoms with van der Waals surface area (Å²) >= 11 is 0. The highest BCUT2D eigenvalue weighted by Crippen LogP contribution is 2.28. The largest absolute Gasteiger partial charge is 0.492 e. The van der Waals surface area contributed by atoms with Gasteiger partial charge in [-0.25, -0.2) is 0 Å². The zero-order chi connectivity index (χ0) is 17.0. The number of benzene rings is 1. The van der Waals surface area contributed by atoms with E-state index in [-0.39, 0.29) is 18.0 Å². The number of fused-ring (bicyclic) bond motifs is 1. The van der Waals surface area contributed by atoms with Crippen molar-refractivity contribution < 1.29 is 9.53 Å². The van der Waals surface area contributed by atoms with E-state index in [1.165, 1.54) is 0 Å². The van der Waals surface area contributed by atoms with Crippen LogP contribution in [0.25, 0.3) is 0 Å². The first-order chi connectivity index (χ1) is 10.9. The van der Waals surface area contributed by atoms with Gasteiger partial charge in [0, 0.05) is 29.3 Å². The summed E-state index contributed by atoms with van der Waals surface area (Å²) in [5.74, 6) is 1.41. The minimum Gasteiger partial charge on any atom is -0.492 e. The quantitative estimate of drug-likeness (QED) is 0.847. The molecule has 1 amide bonds.